The summed E-state index contributed by atoms with van der Waals surface area (Å²) < 4.78 is 24.8. The molecule has 1 fully saturated rings. The zero-order valence-electron chi connectivity index (χ0n) is 14.5. The average molecular weight is 596 g/mol. The van der Waals surface area contributed by atoms with Crippen molar-refractivity contribution < 1.29 is 62.6 Å². The molecule has 0 aromatic heterocycles. The minimum atomic E-state index is -1.59. The predicted octanol–water partition coefficient (Wildman–Crippen LogP) is 5.58. The van der Waals surface area contributed by atoms with E-state index >= 15 is 0 Å². The van der Waals surface area contributed by atoms with Gasteiger partial charge in [-0.15, -0.1) is 16.5 Å². The van der Waals surface area contributed by atoms with E-state index in [2.05, 4.69) is 30.0 Å². The molecule has 0 bridgehead atoms. The summed E-state index contributed by atoms with van der Waals surface area (Å²) in [7, 11) is -0.774. The Kier molecular flexibility index (Phi) is 14.1. The molecule has 0 aliphatic carbocycles. The summed E-state index contributed by atoms with van der Waals surface area (Å²) in [6, 6.07) is 6.79. The third kappa shape index (κ3) is 7.32. The molecule has 2 rings (SSSR count). The molecule has 1 saturated heterocycles. The molecule has 0 spiro atoms. The second kappa shape index (κ2) is 12.7. The first-order valence-electron chi connectivity index (χ1n) is 7.20. The minimum absolute atomic E-state index is 0. The molecule has 0 amide bonds. The van der Waals surface area contributed by atoms with Crippen LogP contribution in [0.15, 0.2) is 41.5 Å². The zero-order chi connectivity index (χ0) is 16.9. The second-order valence-electron chi connectivity index (χ2n) is 4.92. The molecule has 131 valence electrons. The molecule has 6 heteroatoms. The van der Waals surface area contributed by atoms with Crippen LogP contribution in [0.25, 0.3) is 0 Å². The second-order valence-corrected chi connectivity index (χ2v) is 6.63. The van der Waals surface area contributed by atoms with Gasteiger partial charge in [0.1, 0.15) is 0 Å². The molecule has 1 heterocycles. The predicted molar refractivity (Wildman–Crippen MR) is 94.9 cm³/mol. The molecule has 1 aliphatic rings. The van der Waals surface area contributed by atoms with Gasteiger partial charge in [0, 0.05) is 78.9 Å². The maximum atomic E-state index is 12.4. The molecule has 1 aromatic rings. The zero-order valence-corrected chi connectivity index (χ0v) is 21.1. The van der Waals surface area contributed by atoms with Gasteiger partial charge in [0.2, 0.25) is 0 Å². The summed E-state index contributed by atoms with van der Waals surface area (Å²) in [5.74, 6) is 3.52. The monoisotopic (exact) mass is 596 g/mol. The van der Waals surface area contributed by atoms with Gasteiger partial charge < -0.3 is 13.7 Å². The fourth-order valence-corrected chi connectivity index (χ4v) is 3.15. The molecule has 1 nitrogen and oxygen atoms in total. The van der Waals surface area contributed by atoms with Crippen LogP contribution in [0.2, 0.25) is 0 Å². The number of aryl methyl sites for hydroxylation is 1. The van der Waals surface area contributed by atoms with Crippen molar-refractivity contribution in [1.29, 1.82) is 0 Å². The summed E-state index contributed by atoms with van der Waals surface area (Å²) >= 11 is 0. The van der Waals surface area contributed by atoms with E-state index in [0.717, 1.165) is 40.4 Å². The standard InChI is InChI=1S/C16H17F2NS.C2H6.W.Y/c1-11-7-13(3)19(9-11)15-8-14(6-5-12(15)2)20(4)10-16(17)18;1-2;;/h5,8H,1,3-4,7,9-10H2,2H3;1-2H3;;/q-2;;;. The van der Waals surface area contributed by atoms with Gasteiger partial charge in [0.25, 0.3) is 0 Å². The fourth-order valence-electron chi connectivity index (χ4n) is 2.23. The van der Waals surface area contributed by atoms with Crippen LogP contribution >= 0.6 is 10.5 Å². The van der Waals surface area contributed by atoms with Gasteiger partial charge in [-0.25, -0.2) is 10.5 Å². The average Bonchev–Trinajstić information content (AvgIpc) is 2.79. The summed E-state index contributed by atoms with van der Waals surface area (Å²) in [6.45, 7) is 14.7. The molecule has 1 aliphatic heterocycles. The van der Waals surface area contributed by atoms with Gasteiger partial charge in [-0.1, -0.05) is 56.8 Å². The van der Waals surface area contributed by atoms with E-state index in [1.54, 1.807) is 0 Å². The third-order valence-corrected chi connectivity index (χ3v) is 4.63. The van der Waals surface area contributed by atoms with Crippen LogP contribution in [-0.4, -0.2) is 18.2 Å². The van der Waals surface area contributed by atoms with Crippen LogP contribution in [0.5, 0.6) is 0 Å². The maximum Gasteiger partial charge on any atom is 0.0416 e. The summed E-state index contributed by atoms with van der Waals surface area (Å²) in [6.07, 6.45) is -0.797. The first-order chi connectivity index (χ1) is 10.4. The van der Waals surface area contributed by atoms with Crippen LogP contribution in [0.4, 0.5) is 14.5 Å². The summed E-state index contributed by atoms with van der Waals surface area (Å²) in [5, 5.41) is 0. The van der Waals surface area contributed by atoms with E-state index in [1.807, 2.05) is 32.9 Å². The topological polar surface area (TPSA) is 3.24 Å². The van der Waals surface area contributed by atoms with E-state index < -0.39 is 16.9 Å². The van der Waals surface area contributed by atoms with Crippen molar-refractivity contribution in [2.45, 2.75) is 32.1 Å². The molecule has 1 radical (unpaired) electrons. The molecule has 0 saturated carbocycles. The van der Waals surface area contributed by atoms with E-state index in [9.17, 15) is 8.78 Å². The quantitative estimate of drug-likeness (QED) is 0.249. The van der Waals surface area contributed by atoms with Crippen molar-refractivity contribution in [3.05, 3.63) is 54.6 Å². The van der Waals surface area contributed by atoms with Gasteiger partial charge in [-0.2, -0.15) is 12.1 Å². The fraction of sp³-hybridized carbons (Fsp3) is 0.333. The molecule has 1 aromatic carbocycles. The van der Waals surface area contributed by atoms with Gasteiger partial charge in [0.05, 0.1) is 0 Å². The Morgan fingerprint density at radius 1 is 1.33 bits per heavy atom. The first-order valence-corrected chi connectivity index (χ1v) is 8.76. The van der Waals surface area contributed by atoms with E-state index in [0.29, 0.717) is 0 Å². The Labute approximate surface area is 187 Å². The maximum absolute atomic E-state index is 12.4. The molecular weight excluding hydrogens is 573 g/mol. The Hall–Kier alpha value is 0.372. The number of benzene rings is 1. The van der Waals surface area contributed by atoms with Gasteiger partial charge >= 0.3 is 0 Å². The van der Waals surface area contributed by atoms with Crippen molar-refractivity contribution in [2.24, 2.45) is 0 Å². The number of anilines is 1. The largest absolute Gasteiger partial charge is 0.420 e. The summed E-state index contributed by atoms with van der Waals surface area (Å²) in [5.41, 5.74) is 4.14. The van der Waals surface area contributed by atoms with Crippen molar-refractivity contribution in [3.8, 4) is 0 Å². The van der Waals surface area contributed by atoms with Crippen molar-refractivity contribution >= 4 is 22.0 Å². The van der Waals surface area contributed by atoms with Crippen LogP contribution in [0.3, 0.4) is 0 Å². The first kappa shape index (κ1) is 26.6. The van der Waals surface area contributed by atoms with Gasteiger partial charge in [0.15, 0.2) is 0 Å². The molecular formula is C18H23F2NSWY-2. The Bertz CT molecular complexity index is 590. The van der Waals surface area contributed by atoms with Crippen LogP contribution in [-0.2, 0) is 53.8 Å². The normalized spacial score (nSPS) is 14.5. The molecule has 1 unspecified atom stereocenters. The van der Waals surface area contributed by atoms with Crippen molar-refractivity contribution in [3.63, 3.8) is 0 Å². The van der Waals surface area contributed by atoms with E-state index in [4.69, 9.17) is 0 Å². The molecule has 0 N–H and O–H groups in total. The van der Waals surface area contributed by atoms with Crippen LogP contribution in [0, 0.1) is 19.4 Å². The number of nitrogens with zero attached hydrogens (tertiary/aromatic N) is 1. The molecule has 24 heavy (non-hydrogen) atoms. The SMILES string of the molecule is C=C1CC(=C)N(c2cc(S(=C)C[C-](F)F)[c-]cc2C)C1.CC.[W].[Y]. The number of hydrogen-bond acceptors (Lipinski definition) is 1. The third-order valence-electron chi connectivity index (χ3n) is 3.21. The van der Waals surface area contributed by atoms with Gasteiger partial charge in [-0.3, -0.25) is 0 Å². The Morgan fingerprint density at radius 3 is 2.38 bits per heavy atom. The van der Waals surface area contributed by atoms with Crippen LogP contribution in [0.1, 0.15) is 25.8 Å². The smallest absolute Gasteiger partial charge is 0.0416 e. The number of allylic oxidation sites excluding steroid dienone is 1. The minimum Gasteiger partial charge on any atom is -0.420 e. The Morgan fingerprint density at radius 2 is 1.92 bits per heavy atom. The van der Waals surface area contributed by atoms with Crippen LogP contribution < -0.4 is 4.90 Å². The summed E-state index contributed by atoms with van der Waals surface area (Å²) in [4.78, 5) is 2.81. The van der Waals surface area contributed by atoms with Gasteiger partial charge in [-0.05, 0) is 0 Å². The number of halogens is 2. The van der Waals surface area contributed by atoms with Crippen molar-refractivity contribution in [1.82, 2.24) is 0 Å². The van der Waals surface area contributed by atoms with Crippen molar-refractivity contribution in [2.75, 3.05) is 17.2 Å². The molecule has 1 atom stereocenters. The van der Waals surface area contributed by atoms with E-state index in [1.165, 1.54) is 0 Å². The van der Waals surface area contributed by atoms with E-state index in [-0.39, 0.29) is 59.5 Å². The number of rotatable bonds is 4. The number of hydrogen-bond donors (Lipinski definition) is 0. The Balaban J connectivity index is 0.